The zero-order chi connectivity index (χ0) is 11.7. The largest absolute Gasteiger partial charge is 0.385 e. The number of rotatable bonds is 2. The van der Waals surface area contributed by atoms with E-state index in [1.807, 2.05) is 12.1 Å². The molecule has 0 bridgehead atoms. The van der Waals surface area contributed by atoms with Crippen molar-refractivity contribution in [3.63, 3.8) is 0 Å². The highest BCUT2D eigenvalue weighted by Crippen LogP contribution is 2.37. The molecule has 1 aromatic rings. The lowest BCUT2D eigenvalue weighted by molar-refractivity contribution is -0.124. The number of Topliss-reactive ketones (excluding diaryl/α,β-unsaturated/α-hetero) is 1. The van der Waals surface area contributed by atoms with Crippen molar-refractivity contribution in [3.8, 4) is 0 Å². The first-order chi connectivity index (χ1) is 8.36. The van der Waals surface area contributed by atoms with Crippen molar-refractivity contribution in [1.82, 2.24) is 0 Å². The summed E-state index contributed by atoms with van der Waals surface area (Å²) in [5.74, 6) is 0.984. The Hall–Kier alpha value is -1.31. The number of carbonyl (C=O) groups is 1. The average molecular weight is 229 g/mol. The van der Waals surface area contributed by atoms with E-state index in [-0.39, 0.29) is 5.92 Å². The molecule has 2 heteroatoms. The van der Waals surface area contributed by atoms with Crippen LogP contribution in [0.5, 0.6) is 0 Å². The summed E-state index contributed by atoms with van der Waals surface area (Å²) in [7, 11) is 0. The molecule has 1 saturated carbocycles. The smallest absolute Gasteiger partial charge is 0.143 e. The Morgan fingerprint density at radius 3 is 2.71 bits per heavy atom. The molecule has 1 atom stereocenters. The van der Waals surface area contributed by atoms with Crippen LogP contribution in [0, 0.1) is 5.92 Å². The molecule has 3 rings (SSSR count). The molecule has 1 aliphatic carbocycles. The van der Waals surface area contributed by atoms with Crippen molar-refractivity contribution in [2.75, 3.05) is 11.9 Å². The first-order valence-electron chi connectivity index (χ1n) is 6.73. The summed E-state index contributed by atoms with van der Waals surface area (Å²) in [4.78, 5) is 12.5. The molecule has 0 radical (unpaired) electrons. The van der Waals surface area contributed by atoms with Crippen LogP contribution in [0.1, 0.15) is 43.6 Å². The first-order valence-corrected chi connectivity index (χ1v) is 6.73. The van der Waals surface area contributed by atoms with E-state index in [0.29, 0.717) is 11.7 Å². The lowest BCUT2D eigenvalue weighted by Crippen LogP contribution is -2.26. The minimum atomic E-state index is 0.149. The Bertz CT molecular complexity index is 421. The summed E-state index contributed by atoms with van der Waals surface area (Å²) in [5, 5.41) is 3.39. The maximum atomic E-state index is 12.5. The Morgan fingerprint density at radius 2 is 1.88 bits per heavy atom. The van der Waals surface area contributed by atoms with Gasteiger partial charge in [0.15, 0.2) is 0 Å². The van der Waals surface area contributed by atoms with Crippen molar-refractivity contribution in [2.45, 2.75) is 38.0 Å². The van der Waals surface area contributed by atoms with E-state index in [4.69, 9.17) is 0 Å². The molecule has 90 valence electrons. The van der Waals surface area contributed by atoms with Crippen molar-refractivity contribution in [2.24, 2.45) is 5.92 Å². The molecular weight excluding hydrogens is 210 g/mol. The molecule has 0 amide bonds. The van der Waals surface area contributed by atoms with Gasteiger partial charge in [-0.2, -0.15) is 0 Å². The third kappa shape index (κ3) is 1.97. The van der Waals surface area contributed by atoms with Crippen molar-refractivity contribution >= 4 is 11.5 Å². The lowest BCUT2D eigenvalue weighted by Gasteiger charge is -2.27. The Kier molecular flexibility index (Phi) is 2.87. The number of ketones is 1. The van der Waals surface area contributed by atoms with E-state index >= 15 is 0 Å². The third-order valence-electron chi connectivity index (χ3n) is 4.19. The van der Waals surface area contributed by atoms with Crippen molar-refractivity contribution in [3.05, 3.63) is 29.8 Å². The van der Waals surface area contributed by atoms with Gasteiger partial charge in [-0.15, -0.1) is 0 Å². The molecule has 2 aliphatic rings. The molecule has 1 aliphatic heterocycles. The maximum absolute atomic E-state index is 12.5. The van der Waals surface area contributed by atoms with Crippen LogP contribution in [0.15, 0.2) is 24.3 Å². The van der Waals surface area contributed by atoms with Crippen molar-refractivity contribution in [1.29, 1.82) is 0 Å². The van der Waals surface area contributed by atoms with Gasteiger partial charge in [0.1, 0.15) is 5.78 Å². The lowest BCUT2D eigenvalue weighted by atomic mass is 9.82. The van der Waals surface area contributed by atoms with Gasteiger partial charge < -0.3 is 5.32 Å². The highest BCUT2D eigenvalue weighted by Gasteiger charge is 2.32. The van der Waals surface area contributed by atoms with Gasteiger partial charge in [-0.05, 0) is 30.9 Å². The monoisotopic (exact) mass is 229 g/mol. The fourth-order valence-corrected chi connectivity index (χ4v) is 3.26. The first kappa shape index (κ1) is 10.8. The number of nitrogens with one attached hydrogen (secondary N) is 1. The van der Waals surface area contributed by atoms with Crippen LogP contribution in [0.2, 0.25) is 0 Å². The van der Waals surface area contributed by atoms with E-state index in [1.54, 1.807) is 0 Å². The van der Waals surface area contributed by atoms with Gasteiger partial charge >= 0.3 is 0 Å². The fourth-order valence-electron chi connectivity index (χ4n) is 3.26. The van der Waals surface area contributed by atoms with Gasteiger partial charge in [0.2, 0.25) is 0 Å². The van der Waals surface area contributed by atoms with Crippen LogP contribution >= 0.6 is 0 Å². The van der Waals surface area contributed by atoms with Crippen molar-refractivity contribution < 1.29 is 4.79 Å². The van der Waals surface area contributed by atoms with E-state index in [9.17, 15) is 4.79 Å². The quantitative estimate of drug-likeness (QED) is 0.842. The summed E-state index contributed by atoms with van der Waals surface area (Å²) in [5.41, 5.74) is 2.38. The summed E-state index contributed by atoms with van der Waals surface area (Å²) in [6.07, 6.45) is 5.67. The molecular formula is C15H19NO. The molecule has 1 fully saturated rings. The number of para-hydroxylation sites is 1. The topological polar surface area (TPSA) is 29.1 Å². The number of anilines is 1. The summed E-state index contributed by atoms with van der Waals surface area (Å²) < 4.78 is 0. The SMILES string of the molecule is O=C(C1CCCC1)C1CCNc2ccccc21. The van der Waals surface area contributed by atoms with Crippen LogP contribution in [-0.2, 0) is 4.79 Å². The Morgan fingerprint density at radius 1 is 1.12 bits per heavy atom. The highest BCUT2D eigenvalue weighted by molar-refractivity contribution is 5.90. The molecule has 1 unspecified atom stereocenters. The molecule has 17 heavy (non-hydrogen) atoms. The minimum absolute atomic E-state index is 0.149. The van der Waals surface area contributed by atoms with Gasteiger partial charge in [-0.1, -0.05) is 31.0 Å². The highest BCUT2D eigenvalue weighted by atomic mass is 16.1. The molecule has 0 saturated heterocycles. The van der Waals surface area contributed by atoms with Gasteiger partial charge in [-0.25, -0.2) is 0 Å². The summed E-state index contributed by atoms with van der Waals surface area (Å²) in [6, 6.07) is 8.28. The maximum Gasteiger partial charge on any atom is 0.143 e. The van der Waals surface area contributed by atoms with E-state index in [0.717, 1.165) is 31.5 Å². The second-order valence-corrected chi connectivity index (χ2v) is 5.24. The van der Waals surface area contributed by atoms with Gasteiger partial charge in [0, 0.05) is 24.1 Å². The van der Waals surface area contributed by atoms with Crippen LogP contribution in [0.3, 0.4) is 0 Å². The predicted molar refractivity (Wildman–Crippen MR) is 69.3 cm³/mol. The van der Waals surface area contributed by atoms with Crippen LogP contribution < -0.4 is 5.32 Å². The third-order valence-corrected chi connectivity index (χ3v) is 4.19. The van der Waals surface area contributed by atoms with Gasteiger partial charge in [-0.3, -0.25) is 4.79 Å². The van der Waals surface area contributed by atoms with E-state index in [2.05, 4.69) is 17.4 Å². The van der Waals surface area contributed by atoms with E-state index < -0.39 is 0 Å². The zero-order valence-electron chi connectivity index (χ0n) is 10.1. The number of hydrogen-bond donors (Lipinski definition) is 1. The summed E-state index contributed by atoms with van der Waals surface area (Å²) >= 11 is 0. The molecule has 2 nitrogen and oxygen atoms in total. The Balaban J connectivity index is 1.86. The number of fused-ring (bicyclic) bond motifs is 1. The zero-order valence-corrected chi connectivity index (χ0v) is 10.1. The second-order valence-electron chi connectivity index (χ2n) is 5.24. The molecule has 0 spiro atoms. The molecule has 1 heterocycles. The molecule has 1 aromatic carbocycles. The Labute approximate surface area is 102 Å². The average Bonchev–Trinajstić information content (AvgIpc) is 2.91. The number of hydrogen-bond acceptors (Lipinski definition) is 2. The van der Waals surface area contributed by atoms with Gasteiger partial charge in [0.05, 0.1) is 0 Å². The predicted octanol–water partition coefficient (Wildman–Crippen LogP) is 3.35. The number of benzene rings is 1. The van der Waals surface area contributed by atoms with Crippen LogP contribution in [0.25, 0.3) is 0 Å². The van der Waals surface area contributed by atoms with E-state index in [1.165, 1.54) is 18.4 Å². The van der Waals surface area contributed by atoms with Crippen LogP contribution in [0.4, 0.5) is 5.69 Å². The second kappa shape index (κ2) is 4.52. The standard InChI is InChI=1S/C15H19NO/c17-15(11-5-1-2-6-11)13-9-10-16-14-8-4-3-7-12(13)14/h3-4,7-8,11,13,16H,1-2,5-6,9-10H2. The van der Waals surface area contributed by atoms with Crippen LogP contribution in [-0.4, -0.2) is 12.3 Å². The fraction of sp³-hybridized carbons (Fsp3) is 0.533. The normalized spacial score (nSPS) is 24.1. The summed E-state index contributed by atoms with van der Waals surface area (Å²) in [6.45, 7) is 0.931. The number of carbonyl (C=O) groups excluding carboxylic acids is 1. The minimum Gasteiger partial charge on any atom is -0.385 e. The molecule has 0 aromatic heterocycles. The van der Waals surface area contributed by atoms with Gasteiger partial charge in [0.25, 0.3) is 0 Å². The molecule has 1 N–H and O–H groups in total.